The van der Waals surface area contributed by atoms with E-state index in [1.807, 2.05) is 4.68 Å². The number of azo groups is 1. The van der Waals surface area contributed by atoms with Crippen LogP contribution in [0.2, 0.25) is 0 Å². The molecule has 0 spiro atoms. The number of aromatic nitrogens is 2. The second-order valence-corrected chi connectivity index (χ2v) is 3.23. The predicted octanol–water partition coefficient (Wildman–Crippen LogP) is 2.10. The fourth-order valence-corrected chi connectivity index (χ4v) is 1.43. The summed E-state index contributed by atoms with van der Waals surface area (Å²) >= 11 is 0. The van der Waals surface area contributed by atoms with Gasteiger partial charge in [-0.1, -0.05) is 0 Å². The van der Waals surface area contributed by atoms with Gasteiger partial charge in [0.2, 0.25) is 0 Å². The third-order valence-electron chi connectivity index (χ3n) is 1.99. The van der Waals surface area contributed by atoms with Crippen LogP contribution < -0.4 is 0 Å². The third kappa shape index (κ3) is 1.03. The Morgan fingerprint density at radius 2 is 2.33 bits per heavy atom. The van der Waals surface area contributed by atoms with Crippen molar-refractivity contribution in [3.8, 4) is 0 Å². The first kappa shape index (κ1) is 7.46. The van der Waals surface area contributed by atoms with Crippen molar-refractivity contribution in [3.05, 3.63) is 11.9 Å². The Kier molecular flexibility index (Phi) is 1.67. The molecule has 0 radical (unpaired) electrons. The van der Waals surface area contributed by atoms with Gasteiger partial charge in [0.15, 0.2) is 0 Å². The summed E-state index contributed by atoms with van der Waals surface area (Å²) in [5, 5.41) is 12.3. The minimum atomic E-state index is 0.419. The lowest BCUT2D eigenvalue weighted by molar-refractivity contribution is 0.507. The molecule has 2 heterocycles. The molecule has 4 heteroatoms. The third-order valence-corrected chi connectivity index (χ3v) is 1.99. The molecule has 0 atom stereocenters. The van der Waals surface area contributed by atoms with Gasteiger partial charge in [0, 0.05) is 12.5 Å². The fourth-order valence-electron chi connectivity index (χ4n) is 1.43. The lowest BCUT2D eigenvalue weighted by Crippen LogP contribution is -2.09. The van der Waals surface area contributed by atoms with E-state index in [1.165, 1.54) is 5.69 Å². The molecule has 0 fully saturated rings. The SMILES string of the molecule is CC(C)n1ncc2c1CCN=N2. The minimum Gasteiger partial charge on any atom is -0.265 e. The number of rotatable bonds is 1. The zero-order chi connectivity index (χ0) is 8.55. The molecule has 0 aromatic carbocycles. The molecule has 1 aliphatic rings. The molecule has 1 aromatic heterocycles. The van der Waals surface area contributed by atoms with E-state index < -0.39 is 0 Å². The molecule has 1 aliphatic heterocycles. The summed E-state index contributed by atoms with van der Waals surface area (Å²) in [5.41, 5.74) is 2.16. The molecule has 1 aromatic rings. The smallest absolute Gasteiger partial charge is 0.126 e. The van der Waals surface area contributed by atoms with Gasteiger partial charge in [-0.15, -0.1) is 0 Å². The maximum Gasteiger partial charge on any atom is 0.126 e. The Balaban J connectivity index is 2.46. The van der Waals surface area contributed by atoms with Crippen molar-refractivity contribution in [3.63, 3.8) is 0 Å². The highest BCUT2D eigenvalue weighted by Gasteiger charge is 2.14. The molecule has 0 bridgehead atoms. The van der Waals surface area contributed by atoms with E-state index in [0.29, 0.717) is 6.04 Å². The van der Waals surface area contributed by atoms with Gasteiger partial charge in [-0.25, -0.2) is 0 Å². The summed E-state index contributed by atoms with van der Waals surface area (Å²) in [5.74, 6) is 0. The standard InChI is InChI=1S/C8H12N4/c1-6(2)12-8-3-4-9-11-7(8)5-10-12/h5-6H,3-4H2,1-2H3. The first-order valence-electron chi connectivity index (χ1n) is 4.23. The summed E-state index contributed by atoms with van der Waals surface area (Å²) < 4.78 is 2.02. The Labute approximate surface area is 71.3 Å². The summed E-state index contributed by atoms with van der Waals surface area (Å²) in [4.78, 5) is 0. The first-order chi connectivity index (χ1) is 5.79. The molecule has 0 unspecified atom stereocenters. The van der Waals surface area contributed by atoms with Crippen molar-refractivity contribution in [2.75, 3.05) is 6.54 Å². The molecule has 64 valence electrons. The van der Waals surface area contributed by atoms with Crippen LogP contribution in [0.1, 0.15) is 25.6 Å². The van der Waals surface area contributed by atoms with Gasteiger partial charge >= 0.3 is 0 Å². The van der Waals surface area contributed by atoms with Gasteiger partial charge in [0.05, 0.1) is 18.4 Å². The largest absolute Gasteiger partial charge is 0.265 e. The molecule has 0 saturated carbocycles. The van der Waals surface area contributed by atoms with Gasteiger partial charge < -0.3 is 0 Å². The zero-order valence-electron chi connectivity index (χ0n) is 7.36. The van der Waals surface area contributed by atoms with Crippen LogP contribution in [0.15, 0.2) is 16.4 Å². The lowest BCUT2D eigenvalue weighted by Gasteiger charge is -2.11. The highest BCUT2D eigenvalue weighted by atomic mass is 15.3. The Bertz CT molecular complexity index is 311. The van der Waals surface area contributed by atoms with Crippen molar-refractivity contribution in [1.29, 1.82) is 0 Å². The van der Waals surface area contributed by atoms with E-state index in [1.54, 1.807) is 6.20 Å². The number of nitrogens with zero attached hydrogens (tertiary/aromatic N) is 4. The van der Waals surface area contributed by atoms with Crippen molar-refractivity contribution in [1.82, 2.24) is 9.78 Å². The molecular weight excluding hydrogens is 152 g/mol. The second kappa shape index (κ2) is 2.69. The van der Waals surface area contributed by atoms with Crippen LogP contribution in [-0.2, 0) is 6.42 Å². The van der Waals surface area contributed by atoms with E-state index in [-0.39, 0.29) is 0 Å². The molecule has 0 aliphatic carbocycles. The number of fused-ring (bicyclic) bond motifs is 1. The molecule has 0 N–H and O–H groups in total. The van der Waals surface area contributed by atoms with Crippen LogP contribution >= 0.6 is 0 Å². The average molecular weight is 164 g/mol. The predicted molar refractivity (Wildman–Crippen MR) is 45.7 cm³/mol. The molecular formula is C8H12N4. The zero-order valence-corrected chi connectivity index (χ0v) is 7.36. The molecule has 4 nitrogen and oxygen atoms in total. The molecule has 2 rings (SSSR count). The normalized spacial score (nSPS) is 15.2. The van der Waals surface area contributed by atoms with Crippen LogP contribution in [0.5, 0.6) is 0 Å². The summed E-state index contributed by atoms with van der Waals surface area (Å²) in [6.45, 7) is 5.05. The Morgan fingerprint density at radius 1 is 1.50 bits per heavy atom. The molecule has 12 heavy (non-hydrogen) atoms. The summed E-state index contributed by atoms with van der Waals surface area (Å²) in [6, 6.07) is 0.419. The van der Waals surface area contributed by atoms with E-state index in [4.69, 9.17) is 0 Å². The second-order valence-electron chi connectivity index (χ2n) is 3.23. The Hall–Kier alpha value is -1.19. The minimum absolute atomic E-state index is 0.419. The van der Waals surface area contributed by atoms with Crippen molar-refractivity contribution < 1.29 is 0 Å². The fraction of sp³-hybridized carbons (Fsp3) is 0.625. The van der Waals surface area contributed by atoms with Gasteiger partial charge in [-0.05, 0) is 13.8 Å². The summed E-state index contributed by atoms with van der Waals surface area (Å²) in [7, 11) is 0. The average Bonchev–Trinajstić information content (AvgIpc) is 2.47. The highest BCUT2D eigenvalue weighted by Crippen LogP contribution is 2.25. The van der Waals surface area contributed by atoms with E-state index in [2.05, 4.69) is 29.2 Å². The first-order valence-corrected chi connectivity index (χ1v) is 4.23. The number of hydrogen-bond donors (Lipinski definition) is 0. The van der Waals surface area contributed by atoms with Crippen LogP contribution in [0.3, 0.4) is 0 Å². The van der Waals surface area contributed by atoms with E-state index in [9.17, 15) is 0 Å². The monoisotopic (exact) mass is 164 g/mol. The van der Waals surface area contributed by atoms with Crippen molar-refractivity contribution in [2.45, 2.75) is 26.3 Å². The molecule has 0 saturated heterocycles. The van der Waals surface area contributed by atoms with Gasteiger partial charge in [-0.3, -0.25) is 4.68 Å². The maximum absolute atomic E-state index is 4.26. The van der Waals surface area contributed by atoms with E-state index in [0.717, 1.165) is 18.7 Å². The van der Waals surface area contributed by atoms with Crippen molar-refractivity contribution >= 4 is 5.69 Å². The van der Waals surface area contributed by atoms with Crippen LogP contribution in [0.4, 0.5) is 5.69 Å². The Morgan fingerprint density at radius 3 is 3.08 bits per heavy atom. The van der Waals surface area contributed by atoms with Gasteiger partial charge in [-0.2, -0.15) is 15.3 Å². The van der Waals surface area contributed by atoms with Gasteiger partial charge in [0.1, 0.15) is 5.69 Å². The van der Waals surface area contributed by atoms with E-state index >= 15 is 0 Å². The summed E-state index contributed by atoms with van der Waals surface area (Å²) in [6.07, 6.45) is 2.76. The van der Waals surface area contributed by atoms with Crippen LogP contribution in [0, 0.1) is 0 Å². The van der Waals surface area contributed by atoms with Crippen LogP contribution in [0.25, 0.3) is 0 Å². The van der Waals surface area contributed by atoms with Crippen molar-refractivity contribution in [2.24, 2.45) is 10.2 Å². The topological polar surface area (TPSA) is 42.5 Å². The lowest BCUT2D eigenvalue weighted by atomic mass is 10.2. The highest BCUT2D eigenvalue weighted by molar-refractivity contribution is 5.40. The maximum atomic E-state index is 4.26. The molecule has 0 amide bonds. The quantitative estimate of drug-likeness (QED) is 0.626. The number of hydrogen-bond acceptors (Lipinski definition) is 3. The van der Waals surface area contributed by atoms with Gasteiger partial charge in [0.25, 0.3) is 0 Å². The van der Waals surface area contributed by atoms with Crippen LogP contribution in [-0.4, -0.2) is 16.3 Å².